The minimum absolute atomic E-state index is 0.447. The monoisotopic (exact) mass is 242 g/mol. The molecule has 0 bridgehead atoms. The number of nitrogens with one attached hydrogen (secondary N) is 1. The van der Waals surface area contributed by atoms with Crippen molar-refractivity contribution in [2.75, 3.05) is 19.8 Å². The topological polar surface area (TPSA) is 56.5 Å². The Balaban J connectivity index is 1.64. The summed E-state index contributed by atoms with van der Waals surface area (Å²) in [6.45, 7) is 2.80. The average Bonchev–Trinajstić information content (AvgIpc) is 2.89. The van der Waals surface area contributed by atoms with E-state index < -0.39 is 0 Å². The summed E-state index contributed by atoms with van der Waals surface area (Å²) in [4.78, 5) is 0. The molecule has 4 nitrogen and oxygen atoms in total. The maximum absolute atomic E-state index is 5.65. The van der Waals surface area contributed by atoms with Crippen molar-refractivity contribution in [3.8, 4) is 0 Å². The van der Waals surface area contributed by atoms with E-state index in [0.717, 1.165) is 38.6 Å². The van der Waals surface area contributed by atoms with Gasteiger partial charge in [-0.3, -0.25) is 11.3 Å². The fraction of sp³-hybridized carbons (Fsp3) is 1.00. The van der Waals surface area contributed by atoms with Crippen LogP contribution in [0.15, 0.2) is 0 Å². The molecule has 2 rings (SSSR count). The first kappa shape index (κ1) is 13.3. The second-order valence-corrected chi connectivity index (χ2v) is 5.37. The van der Waals surface area contributed by atoms with E-state index in [1.165, 1.54) is 32.1 Å². The van der Waals surface area contributed by atoms with Crippen LogP contribution in [-0.4, -0.2) is 32.0 Å². The van der Waals surface area contributed by atoms with Gasteiger partial charge in [0.05, 0.1) is 6.10 Å². The molecule has 100 valence electrons. The molecule has 0 aliphatic carbocycles. The fourth-order valence-electron chi connectivity index (χ4n) is 2.91. The number of ether oxygens (including phenoxy) is 2. The molecule has 0 radical (unpaired) electrons. The zero-order chi connectivity index (χ0) is 11.9. The minimum Gasteiger partial charge on any atom is -0.381 e. The van der Waals surface area contributed by atoms with E-state index in [-0.39, 0.29) is 0 Å². The number of hydrazine groups is 1. The lowest BCUT2D eigenvalue weighted by atomic mass is 9.90. The number of hydrogen-bond acceptors (Lipinski definition) is 4. The number of rotatable bonds is 6. The SMILES string of the molecule is NNC(CCC1CCCO1)CC1CCOCC1. The van der Waals surface area contributed by atoms with Crippen molar-refractivity contribution in [1.29, 1.82) is 0 Å². The Bertz CT molecular complexity index is 202. The zero-order valence-corrected chi connectivity index (χ0v) is 10.7. The van der Waals surface area contributed by atoms with Gasteiger partial charge in [-0.1, -0.05) is 0 Å². The van der Waals surface area contributed by atoms with Crippen LogP contribution in [0.5, 0.6) is 0 Å². The van der Waals surface area contributed by atoms with Crippen LogP contribution in [-0.2, 0) is 9.47 Å². The highest BCUT2D eigenvalue weighted by Crippen LogP contribution is 2.23. The Labute approximate surface area is 104 Å². The Morgan fingerprint density at radius 3 is 2.65 bits per heavy atom. The molecule has 17 heavy (non-hydrogen) atoms. The molecule has 2 saturated heterocycles. The van der Waals surface area contributed by atoms with E-state index in [0.29, 0.717) is 12.1 Å². The molecule has 4 heteroatoms. The maximum atomic E-state index is 5.65. The third-order valence-corrected chi connectivity index (χ3v) is 4.06. The van der Waals surface area contributed by atoms with Gasteiger partial charge in [0, 0.05) is 25.9 Å². The van der Waals surface area contributed by atoms with Crippen molar-refractivity contribution in [2.45, 2.75) is 57.1 Å². The molecule has 2 unspecified atom stereocenters. The van der Waals surface area contributed by atoms with E-state index in [2.05, 4.69) is 5.43 Å². The smallest absolute Gasteiger partial charge is 0.0576 e. The van der Waals surface area contributed by atoms with Crippen LogP contribution in [0.25, 0.3) is 0 Å². The summed E-state index contributed by atoms with van der Waals surface area (Å²) in [6, 6.07) is 0.447. The van der Waals surface area contributed by atoms with E-state index in [1.807, 2.05) is 0 Å². The molecular weight excluding hydrogens is 216 g/mol. The largest absolute Gasteiger partial charge is 0.381 e. The summed E-state index contributed by atoms with van der Waals surface area (Å²) in [5.41, 5.74) is 2.98. The normalized spacial score (nSPS) is 28.4. The lowest BCUT2D eigenvalue weighted by Crippen LogP contribution is -2.38. The van der Waals surface area contributed by atoms with Gasteiger partial charge in [-0.25, -0.2) is 0 Å². The summed E-state index contributed by atoms with van der Waals surface area (Å²) < 4.78 is 11.0. The summed E-state index contributed by atoms with van der Waals surface area (Å²) in [5.74, 6) is 6.44. The molecule has 0 aromatic rings. The maximum Gasteiger partial charge on any atom is 0.0576 e. The van der Waals surface area contributed by atoms with Gasteiger partial charge in [0.1, 0.15) is 0 Å². The summed E-state index contributed by atoms with van der Waals surface area (Å²) in [5, 5.41) is 0. The van der Waals surface area contributed by atoms with Gasteiger partial charge < -0.3 is 9.47 Å². The van der Waals surface area contributed by atoms with E-state index >= 15 is 0 Å². The van der Waals surface area contributed by atoms with Crippen molar-refractivity contribution in [1.82, 2.24) is 5.43 Å². The number of hydrogen-bond donors (Lipinski definition) is 2. The molecule has 0 saturated carbocycles. The van der Waals surface area contributed by atoms with Crippen LogP contribution >= 0.6 is 0 Å². The van der Waals surface area contributed by atoms with Crippen molar-refractivity contribution in [3.05, 3.63) is 0 Å². The highest BCUT2D eigenvalue weighted by atomic mass is 16.5. The molecule has 0 spiro atoms. The van der Waals surface area contributed by atoms with Gasteiger partial charge in [0.2, 0.25) is 0 Å². The van der Waals surface area contributed by atoms with Crippen LogP contribution in [0.3, 0.4) is 0 Å². The van der Waals surface area contributed by atoms with Crippen molar-refractivity contribution < 1.29 is 9.47 Å². The van der Waals surface area contributed by atoms with E-state index in [4.69, 9.17) is 15.3 Å². The standard InChI is InChI=1S/C13H26N2O2/c14-15-12(3-4-13-2-1-7-17-13)10-11-5-8-16-9-6-11/h11-13,15H,1-10,14H2. The van der Waals surface area contributed by atoms with Crippen LogP contribution < -0.4 is 11.3 Å². The highest BCUT2D eigenvalue weighted by molar-refractivity contribution is 4.75. The molecule has 2 heterocycles. The van der Waals surface area contributed by atoms with E-state index in [9.17, 15) is 0 Å². The zero-order valence-electron chi connectivity index (χ0n) is 10.7. The molecule has 3 N–H and O–H groups in total. The van der Waals surface area contributed by atoms with Crippen LogP contribution in [0.2, 0.25) is 0 Å². The lowest BCUT2D eigenvalue weighted by Gasteiger charge is -2.26. The molecule has 0 aromatic heterocycles. The fourth-order valence-corrected chi connectivity index (χ4v) is 2.91. The number of nitrogens with two attached hydrogens (primary N) is 1. The van der Waals surface area contributed by atoms with Crippen molar-refractivity contribution in [3.63, 3.8) is 0 Å². The predicted octanol–water partition coefficient (Wildman–Crippen LogP) is 1.59. The minimum atomic E-state index is 0.447. The summed E-state index contributed by atoms with van der Waals surface area (Å²) in [7, 11) is 0. The summed E-state index contributed by atoms with van der Waals surface area (Å²) in [6.07, 6.45) is 8.81. The molecule has 2 atom stereocenters. The lowest BCUT2D eigenvalue weighted by molar-refractivity contribution is 0.0582. The van der Waals surface area contributed by atoms with Crippen LogP contribution in [0.1, 0.15) is 44.9 Å². The Morgan fingerprint density at radius 1 is 1.18 bits per heavy atom. The molecule has 2 fully saturated rings. The predicted molar refractivity (Wildman–Crippen MR) is 67.5 cm³/mol. The van der Waals surface area contributed by atoms with Gasteiger partial charge in [0.25, 0.3) is 0 Å². The van der Waals surface area contributed by atoms with Gasteiger partial charge >= 0.3 is 0 Å². The Morgan fingerprint density at radius 2 is 2.00 bits per heavy atom. The first-order valence-electron chi connectivity index (χ1n) is 7.04. The van der Waals surface area contributed by atoms with E-state index in [1.54, 1.807) is 0 Å². The molecule has 2 aliphatic heterocycles. The molecule has 0 aromatic carbocycles. The first-order chi connectivity index (χ1) is 8.38. The molecule has 0 amide bonds. The van der Waals surface area contributed by atoms with Gasteiger partial charge in [-0.2, -0.15) is 0 Å². The average molecular weight is 242 g/mol. The van der Waals surface area contributed by atoms with Gasteiger partial charge in [-0.15, -0.1) is 0 Å². The second kappa shape index (κ2) is 7.31. The second-order valence-electron chi connectivity index (χ2n) is 5.37. The third-order valence-electron chi connectivity index (χ3n) is 4.06. The van der Waals surface area contributed by atoms with Crippen molar-refractivity contribution in [2.24, 2.45) is 11.8 Å². The van der Waals surface area contributed by atoms with Crippen LogP contribution in [0, 0.1) is 5.92 Å². The van der Waals surface area contributed by atoms with Crippen molar-refractivity contribution >= 4 is 0 Å². The Hall–Kier alpha value is -0.160. The van der Waals surface area contributed by atoms with Crippen LogP contribution in [0.4, 0.5) is 0 Å². The highest BCUT2D eigenvalue weighted by Gasteiger charge is 2.21. The van der Waals surface area contributed by atoms with Gasteiger partial charge in [-0.05, 0) is 50.9 Å². The third kappa shape index (κ3) is 4.54. The molecular formula is C13H26N2O2. The Kier molecular flexibility index (Phi) is 5.71. The summed E-state index contributed by atoms with van der Waals surface area (Å²) >= 11 is 0. The molecule has 2 aliphatic rings. The first-order valence-corrected chi connectivity index (χ1v) is 7.04. The van der Waals surface area contributed by atoms with Gasteiger partial charge in [0.15, 0.2) is 0 Å². The quantitative estimate of drug-likeness (QED) is 0.548.